The molecule has 3 aliphatic rings. The van der Waals surface area contributed by atoms with Gasteiger partial charge in [0.15, 0.2) is 0 Å². The molecule has 1 aromatic carbocycles. The van der Waals surface area contributed by atoms with Crippen LogP contribution in [0.25, 0.3) is 11.0 Å². The van der Waals surface area contributed by atoms with Gasteiger partial charge in [0, 0.05) is 24.9 Å². The first kappa shape index (κ1) is 32.2. The molecule has 238 valence electrons. The molecule has 10 nitrogen and oxygen atoms in total. The molecule has 3 amide bonds. The van der Waals surface area contributed by atoms with Gasteiger partial charge in [-0.2, -0.15) is 0 Å². The van der Waals surface area contributed by atoms with Gasteiger partial charge in [0.1, 0.15) is 18.2 Å². The molecule has 1 spiro atoms. The van der Waals surface area contributed by atoms with Crippen LogP contribution in [0.4, 0.5) is 0 Å². The number of carbonyl (C=O) groups is 3. The average molecular weight is 623 g/mol. The van der Waals surface area contributed by atoms with Gasteiger partial charge in [0.2, 0.25) is 17.7 Å². The zero-order chi connectivity index (χ0) is 31.8. The maximum Gasteiger partial charge on any atom is 0.248 e. The SMILES string of the molecule is C=CCN(Cn1nnc2ccccc21)C(=O)C1N([C@@H](CO)CC(C)C)C(=O)[C@@H]2[C@@H](C(=O)N(CC=C)CCC)[C@H]3CC(C)C12S3. The number of fused-ring (bicyclic) bond motifs is 2. The third-order valence-corrected chi connectivity index (χ3v) is 11.7. The molecule has 5 rings (SSSR count). The van der Waals surface area contributed by atoms with Crippen molar-refractivity contribution in [1.82, 2.24) is 29.7 Å². The van der Waals surface area contributed by atoms with Gasteiger partial charge in [-0.3, -0.25) is 14.4 Å². The van der Waals surface area contributed by atoms with E-state index in [0.29, 0.717) is 19.5 Å². The number of nitrogens with zero attached hydrogens (tertiary/aromatic N) is 6. The number of aliphatic hydroxyl groups excluding tert-OH is 1. The van der Waals surface area contributed by atoms with E-state index in [4.69, 9.17) is 0 Å². The molecule has 1 N–H and O–H groups in total. The highest BCUT2D eigenvalue weighted by Crippen LogP contribution is 2.69. The lowest BCUT2D eigenvalue weighted by molar-refractivity contribution is -0.148. The molecule has 3 unspecified atom stereocenters. The molecule has 44 heavy (non-hydrogen) atoms. The van der Waals surface area contributed by atoms with E-state index in [-0.39, 0.29) is 54.6 Å². The molecule has 0 aliphatic carbocycles. The first-order chi connectivity index (χ1) is 21.1. The van der Waals surface area contributed by atoms with Crippen molar-refractivity contribution in [2.45, 2.75) is 75.7 Å². The Balaban J connectivity index is 1.59. The van der Waals surface area contributed by atoms with Gasteiger partial charge in [-0.25, -0.2) is 4.68 Å². The fourth-order valence-corrected chi connectivity index (χ4v) is 10.3. The zero-order valence-electron chi connectivity index (χ0n) is 26.3. The topological polar surface area (TPSA) is 112 Å². The standard InChI is InChI=1S/C33H46N6O4S/c1-7-14-36(15-8-2)30(41)27-26-18-22(6)33(44-26)28(27)31(42)39(23(19-40)17-21(4)5)29(33)32(43)37(16-9-3)20-38-25-13-11-10-12-24(25)34-35-38/h7,9-13,21-23,26-29,40H,1,3,8,14-20H2,2,4-6H3/t22?,23-,26-,27+,28+,29?,33?/m1/s1. The smallest absolute Gasteiger partial charge is 0.248 e. The Morgan fingerprint density at radius 1 is 1.18 bits per heavy atom. The molecule has 0 saturated carbocycles. The fraction of sp³-hybridized carbons (Fsp3) is 0.606. The highest BCUT2D eigenvalue weighted by atomic mass is 32.2. The lowest BCUT2D eigenvalue weighted by atomic mass is 9.65. The summed E-state index contributed by atoms with van der Waals surface area (Å²) >= 11 is 1.66. The van der Waals surface area contributed by atoms with Crippen molar-refractivity contribution < 1.29 is 19.5 Å². The van der Waals surface area contributed by atoms with E-state index in [1.54, 1.807) is 38.4 Å². The Bertz CT molecular complexity index is 1410. The number of aromatic nitrogens is 3. The number of thioether (sulfide) groups is 1. The van der Waals surface area contributed by atoms with Gasteiger partial charge < -0.3 is 19.8 Å². The van der Waals surface area contributed by atoms with Crippen molar-refractivity contribution in [2.24, 2.45) is 23.7 Å². The van der Waals surface area contributed by atoms with Crippen LogP contribution in [0.1, 0.15) is 47.0 Å². The van der Waals surface area contributed by atoms with Crippen molar-refractivity contribution in [2.75, 3.05) is 26.2 Å². The minimum atomic E-state index is -0.840. The summed E-state index contributed by atoms with van der Waals surface area (Å²) in [5.74, 6) is -1.41. The van der Waals surface area contributed by atoms with Crippen LogP contribution >= 0.6 is 11.8 Å². The number of benzene rings is 1. The molecule has 2 aromatic rings. The van der Waals surface area contributed by atoms with E-state index in [9.17, 15) is 19.5 Å². The average Bonchev–Trinajstić information content (AvgIpc) is 3.72. The summed E-state index contributed by atoms with van der Waals surface area (Å²) in [5.41, 5.74) is 1.52. The minimum Gasteiger partial charge on any atom is -0.394 e. The number of aliphatic hydroxyl groups is 1. The minimum absolute atomic E-state index is 0.0182. The zero-order valence-corrected chi connectivity index (χ0v) is 27.2. The third kappa shape index (κ3) is 5.25. The Hall–Kier alpha value is -3.18. The highest BCUT2D eigenvalue weighted by Gasteiger charge is 2.77. The second-order valence-corrected chi connectivity index (χ2v) is 14.5. The second-order valence-electron chi connectivity index (χ2n) is 12.9. The number of carbonyl (C=O) groups excluding carboxylic acids is 3. The number of amides is 3. The molecule has 7 atom stereocenters. The Morgan fingerprint density at radius 2 is 1.89 bits per heavy atom. The molecule has 11 heteroatoms. The summed E-state index contributed by atoms with van der Waals surface area (Å²) in [5, 5.41) is 19.2. The molecule has 3 saturated heterocycles. The number of likely N-dealkylation sites (tertiary alicyclic amines) is 1. The quantitative estimate of drug-likeness (QED) is 0.321. The Labute approximate surface area is 264 Å². The van der Waals surface area contributed by atoms with E-state index in [1.807, 2.05) is 49.9 Å². The maximum absolute atomic E-state index is 15.0. The predicted molar refractivity (Wildman–Crippen MR) is 172 cm³/mol. The fourth-order valence-electron chi connectivity index (χ4n) is 7.89. The normalized spacial score (nSPS) is 28.0. The van der Waals surface area contributed by atoms with Crippen LogP contribution in [0.2, 0.25) is 0 Å². The predicted octanol–water partition coefficient (Wildman–Crippen LogP) is 3.57. The van der Waals surface area contributed by atoms with E-state index in [2.05, 4.69) is 30.4 Å². The third-order valence-electron chi connectivity index (χ3n) is 9.59. The molecule has 3 aliphatic heterocycles. The molecule has 1 aromatic heterocycles. The van der Waals surface area contributed by atoms with E-state index in [0.717, 1.165) is 23.9 Å². The van der Waals surface area contributed by atoms with Gasteiger partial charge >= 0.3 is 0 Å². The molecular formula is C33H46N6O4S. The van der Waals surface area contributed by atoms with Crippen LogP contribution in [-0.4, -0.2) is 101 Å². The monoisotopic (exact) mass is 622 g/mol. The highest BCUT2D eigenvalue weighted by molar-refractivity contribution is 8.02. The largest absolute Gasteiger partial charge is 0.394 e. The number of hydrogen-bond acceptors (Lipinski definition) is 7. The molecule has 0 radical (unpaired) electrons. The summed E-state index contributed by atoms with van der Waals surface area (Å²) < 4.78 is 0.900. The van der Waals surface area contributed by atoms with Crippen LogP contribution in [-0.2, 0) is 21.1 Å². The van der Waals surface area contributed by atoms with Crippen LogP contribution in [0.15, 0.2) is 49.6 Å². The number of rotatable bonds is 14. The van der Waals surface area contributed by atoms with Gasteiger partial charge in [-0.1, -0.05) is 57.2 Å². The second kappa shape index (κ2) is 13.0. The van der Waals surface area contributed by atoms with Crippen LogP contribution in [0.5, 0.6) is 0 Å². The summed E-state index contributed by atoms with van der Waals surface area (Å²) in [6.45, 7) is 17.1. The molecule has 3 fully saturated rings. The first-order valence-corrected chi connectivity index (χ1v) is 16.7. The van der Waals surface area contributed by atoms with Crippen LogP contribution in [0, 0.1) is 23.7 Å². The molecule has 2 bridgehead atoms. The first-order valence-electron chi connectivity index (χ1n) is 15.8. The lowest BCUT2D eigenvalue weighted by Crippen LogP contribution is -2.59. The van der Waals surface area contributed by atoms with Crippen molar-refractivity contribution in [3.05, 3.63) is 49.6 Å². The van der Waals surface area contributed by atoms with Gasteiger partial charge in [0.05, 0.1) is 34.7 Å². The van der Waals surface area contributed by atoms with E-state index in [1.165, 1.54) is 0 Å². The maximum atomic E-state index is 15.0. The van der Waals surface area contributed by atoms with Crippen molar-refractivity contribution in [3.63, 3.8) is 0 Å². The van der Waals surface area contributed by atoms with Gasteiger partial charge in [0.25, 0.3) is 0 Å². The van der Waals surface area contributed by atoms with Crippen molar-refractivity contribution in [3.8, 4) is 0 Å². The summed E-state index contributed by atoms with van der Waals surface area (Å²) in [7, 11) is 0. The summed E-state index contributed by atoms with van der Waals surface area (Å²) in [6, 6.07) is 6.19. The van der Waals surface area contributed by atoms with E-state index < -0.39 is 28.7 Å². The van der Waals surface area contributed by atoms with Crippen LogP contribution in [0.3, 0.4) is 0 Å². The number of para-hydroxylation sites is 1. The van der Waals surface area contributed by atoms with Gasteiger partial charge in [-0.15, -0.1) is 30.0 Å². The summed E-state index contributed by atoms with van der Waals surface area (Å²) in [4.78, 5) is 49.1. The Kier molecular flexibility index (Phi) is 9.55. The molecular weight excluding hydrogens is 576 g/mol. The van der Waals surface area contributed by atoms with Gasteiger partial charge in [-0.05, 0) is 43.2 Å². The molecule has 4 heterocycles. The van der Waals surface area contributed by atoms with Crippen molar-refractivity contribution >= 4 is 40.5 Å². The van der Waals surface area contributed by atoms with Crippen molar-refractivity contribution in [1.29, 1.82) is 0 Å². The number of hydrogen-bond donors (Lipinski definition) is 1. The lowest BCUT2D eigenvalue weighted by Gasteiger charge is -2.42. The van der Waals surface area contributed by atoms with Crippen LogP contribution < -0.4 is 0 Å². The van der Waals surface area contributed by atoms with E-state index >= 15 is 0 Å². The summed E-state index contributed by atoms with van der Waals surface area (Å²) in [6.07, 6.45) is 5.50. The Morgan fingerprint density at radius 3 is 2.55 bits per heavy atom.